The van der Waals surface area contributed by atoms with Gasteiger partial charge in [0.2, 0.25) is 0 Å². The lowest BCUT2D eigenvalue weighted by Gasteiger charge is -2.27. The number of nitrogens with zero attached hydrogens (tertiary/aromatic N) is 1. The summed E-state index contributed by atoms with van der Waals surface area (Å²) >= 11 is 0. The molecule has 3 rings (SSSR count). The van der Waals surface area contributed by atoms with Crippen molar-refractivity contribution < 1.29 is 13.2 Å². The molecule has 1 amide bonds. The first kappa shape index (κ1) is 14.9. The maximum absolute atomic E-state index is 12.4. The first-order chi connectivity index (χ1) is 9.95. The SMILES string of the molecule is O=C(NC1CCC1)c1cc(S(=O)(=O)Cl)cn1C1CCCC1. The van der Waals surface area contributed by atoms with Gasteiger partial charge in [-0.05, 0) is 38.2 Å². The molecular weight excluding hydrogens is 312 g/mol. The summed E-state index contributed by atoms with van der Waals surface area (Å²) in [7, 11) is 1.61. The molecule has 116 valence electrons. The average molecular weight is 331 g/mol. The zero-order valence-electron chi connectivity index (χ0n) is 11.7. The minimum absolute atomic E-state index is 0.00910. The molecule has 1 N–H and O–H groups in total. The molecule has 1 aromatic rings. The van der Waals surface area contributed by atoms with Crippen LogP contribution in [0.1, 0.15) is 61.5 Å². The van der Waals surface area contributed by atoms with Gasteiger partial charge in [0.05, 0.1) is 0 Å². The highest BCUT2D eigenvalue weighted by molar-refractivity contribution is 8.13. The number of aromatic nitrogens is 1. The Balaban J connectivity index is 1.91. The Morgan fingerprint density at radius 3 is 2.38 bits per heavy atom. The summed E-state index contributed by atoms with van der Waals surface area (Å²) in [6.07, 6.45) is 8.79. The van der Waals surface area contributed by atoms with Crippen LogP contribution in [0.2, 0.25) is 0 Å². The van der Waals surface area contributed by atoms with E-state index in [-0.39, 0.29) is 22.9 Å². The normalized spacial score (nSPS) is 20.4. The van der Waals surface area contributed by atoms with E-state index < -0.39 is 9.05 Å². The average Bonchev–Trinajstić information content (AvgIpc) is 2.99. The third-order valence-electron chi connectivity index (χ3n) is 4.50. The van der Waals surface area contributed by atoms with Gasteiger partial charge in [-0.2, -0.15) is 0 Å². The molecule has 0 radical (unpaired) electrons. The van der Waals surface area contributed by atoms with Crippen molar-refractivity contribution in [2.45, 2.75) is 61.9 Å². The van der Waals surface area contributed by atoms with Crippen LogP contribution in [0.25, 0.3) is 0 Å². The number of hydrogen-bond acceptors (Lipinski definition) is 3. The molecule has 0 unspecified atom stereocenters. The molecule has 7 heteroatoms. The second kappa shape index (κ2) is 5.65. The summed E-state index contributed by atoms with van der Waals surface area (Å²) < 4.78 is 24.9. The molecule has 0 bridgehead atoms. The Bertz CT molecular complexity index is 643. The van der Waals surface area contributed by atoms with Gasteiger partial charge in [0.25, 0.3) is 15.0 Å². The zero-order chi connectivity index (χ0) is 15.0. The number of halogens is 1. The Labute approximate surface area is 129 Å². The van der Waals surface area contributed by atoms with Gasteiger partial charge in [-0.1, -0.05) is 12.8 Å². The Morgan fingerprint density at radius 2 is 1.86 bits per heavy atom. The highest BCUT2D eigenvalue weighted by Crippen LogP contribution is 2.33. The highest BCUT2D eigenvalue weighted by atomic mass is 35.7. The minimum atomic E-state index is -3.82. The van der Waals surface area contributed by atoms with Gasteiger partial charge in [0.1, 0.15) is 10.6 Å². The lowest BCUT2D eigenvalue weighted by atomic mass is 9.93. The van der Waals surface area contributed by atoms with Crippen LogP contribution < -0.4 is 5.32 Å². The first-order valence-electron chi connectivity index (χ1n) is 7.42. The smallest absolute Gasteiger partial charge is 0.268 e. The largest absolute Gasteiger partial charge is 0.348 e. The zero-order valence-corrected chi connectivity index (χ0v) is 13.3. The van der Waals surface area contributed by atoms with E-state index in [0.29, 0.717) is 5.69 Å². The number of carbonyl (C=O) groups is 1. The monoisotopic (exact) mass is 330 g/mol. The van der Waals surface area contributed by atoms with Gasteiger partial charge < -0.3 is 9.88 Å². The predicted octanol–water partition coefficient (Wildman–Crippen LogP) is 2.81. The molecule has 5 nitrogen and oxygen atoms in total. The Kier molecular flexibility index (Phi) is 4.01. The van der Waals surface area contributed by atoms with Gasteiger partial charge in [-0.25, -0.2) is 8.42 Å². The molecule has 2 saturated carbocycles. The molecule has 21 heavy (non-hydrogen) atoms. The van der Waals surface area contributed by atoms with Crippen LogP contribution in [0.15, 0.2) is 17.2 Å². The maximum atomic E-state index is 12.4. The lowest BCUT2D eigenvalue weighted by Crippen LogP contribution is -2.40. The molecule has 0 aliphatic heterocycles. The number of amides is 1. The molecule has 2 fully saturated rings. The third-order valence-corrected chi connectivity index (χ3v) is 5.82. The number of nitrogens with one attached hydrogen (secondary N) is 1. The fourth-order valence-corrected chi connectivity index (χ4v) is 3.81. The van der Waals surface area contributed by atoms with Crippen LogP contribution in [0, 0.1) is 0 Å². The Morgan fingerprint density at radius 1 is 1.19 bits per heavy atom. The first-order valence-corrected chi connectivity index (χ1v) is 9.73. The van der Waals surface area contributed by atoms with Crippen molar-refractivity contribution in [1.82, 2.24) is 9.88 Å². The fourth-order valence-electron chi connectivity index (χ4n) is 3.07. The van der Waals surface area contributed by atoms with Crippen LogP contribution in [-0.4, -0.2) is 24.9 Å². The summed E-state index contributed by atoms with van der Waals surface area (Å²) in [6, 6.07) is 1.81. The van der Waals surface area contributed by atoms with Gasteiger partial charge in [-0.3, -0.25) is 4.79 Å². The molecular formula is C14H19ClN2O3S. The van der Waals surface area contributed by atoms with E-state index in [0.717, 1.165) is 44.9 Å². The summed E-state index contributed by atoms with van der Waals surface area (Å²) in [6.45, 7) is 0. The molecule has 2 aliphatic carbocycles. The number of rotatable bonds is 4. The van der Waals surface area contributed by atoms with Crippen molar-refractivity contribution in [3.05, 3.63) is 18.0 Å². The van der Waals surface area contributed by atoms with Crippen molar-refractivity contribution in [2.75, 3.05) is 0 Å². The third kappa shape index (κ3) is 3.11. The van der Waals surface area contributed by atoms with Crippen molar-refractivity contribution in [3.8, 4) is 0 Å². The molecule has 1 heterocycles. The van der Waals surface area contributed by atoms with Crippen LogP contribution in [0.3, 0.4) is 0 Å². The molecule has 1 aromatic heterocycles. The fraction of sp³-hybridized carbons (Fsp3) is 0.643. The van der Waals surface area contributed by atoms with E-state index in [2.05, 4.69) is 5.32 Å². The van der Waals surface area contributed by atoms with E-state index in [1.807, 2.05) is 0 Å². The highest BCUT2D eigenvalue weighted by Gasteiger charge is 2.28. The number of carbonyl (C=O) groups excluding carboxylic acids is 1. The van der Waals surface area contributed by atoms with E-state index in [4.69, 9.17) is 10.7 Å². The van der Waals surface area contributed by atoms with Crippen LogP contribution in [-0.2, 0) is 9.05 Å². The maximum Gasteiger partial charge on any atom is 0.268 e. The van der Waals surface area contributed by atoms with Gasteiger partial charge in [-0.15, -0.1) is 0 Å². The lowest BCUT2D eigenvalue weighted by molar-refractivity contribution is 0.0905. The van der Waals surface area contributed by atoms with E-state index in [1.165, 1.54) is 12.3 Å². The molecule has 0 spiro atoms. The van der Waals surface area contributed by atoms with Crippen molar-refractivity contribution >= 4 is 25.6 Å². The van der Waals surface area contributed by atoms with Gasteiger partial charge >= 0.3 is 0 Å². The van der Waals surface area contributed by atoms with E-state index in [1.54, 1.807) is 4.57 Å². The minimum Gasteiger partial charge on any atom is -0.348 e. The van der Waals surface area contributed by atoms with Crippen LogP contribution in [0.4, 0.5) is 0 Å². The van der Waals surface area contributed by atoms with Crippen molar-refractivity contribution in [2.24, 2.45) is 0 Å². The molecule has 0 atom stereocenters. The summed E-state index contributed by atoms with van der Waals surface area (Å²) in [4.78, 5) is 12.4. The van der Waals surface area contributed by atoms with Crippen LogP contribution >= 0.6 is 10.7 Å². The van der Waals surface area contributed by atoms with E-state index >= 15 is 0 Å². The molecule has 2 aliphatic rings. The van der Waals surface area contributed by atoms with Crippen LogP contribution in [0.5, 0.6) is 0 Å². The molecule has 0 saturated heterocycles. The molecule has 0 aromatic carbocycles. The van der Waals surface area contributed by atoms with Crippen molar-refractivity contribution in [3.63, 3.8) is 0 Å². The number of hydrogen-bond donors (Lipinski definition) is 1. The predicted molar refractivity (Wildman–Crippen MR) is 80.1 cm³/mol. The van der Waals surface area contributed by atoms with Crippen molar-refractivity contribution in [1.29, 1.82) is 0 Å². The quantitative estimate of drug-likeness (QED) is 0.863. The standard InChI is InChI=1S/C14H19ClN2O3S/c15-21(19,20)12-8-13(14(18)16-10-4-3-5-10)17(9-12)11-6-1-2-7-11/h8-11H,1-7H2,(H,16,18). The summed E-state index contributed by atoms with van der Waals surface area (Å²) in [5.74, 6) is -0.196. The Hall–Kier alpha value is -1.01. The second-order valence-electron chi connectivity index (χ2n) is 5.95. The topological polar surface area (TPSA) is 68.2 Å². The van der Waals surface area contributed by atoms with Gasteiger partial charge in [0.15, 0.2) is 0 Å². The summed E-state index contributed by atoms with van der Waals surface area (Å²) in [5.41, 5.74) is 0.410. The van der Waals surface area contributed by atoms with E-state index in [9.17, 15) is 13.2 Å². The van der Waals surface area contributed by atoms with Gasteiger partial charge in [0, 0.05) is 29.0 Å². The summed E-state index contributed by atoms with van der Waals surface area (Å²) in [5, 5.41) is 2.96. The second-order valence-corrected chi connectivity index (χ2v) is 8.51.